The highest BCUT2D eigenvalue weighted by atomic mass is 32.2. The van der Waals surface area contributed by atoms with E-state index < -0.39 is 10.0 Å². The maximum absolute atomic E-state index is 13.3. The van der Waals surface area contributed by atoms with Gasteiger partial charge in [-0.25, -0.2) is 13.1 Å². The van der Waals surface area contributed by atoms with Crippen molar-refractivity contribution in [2.75, 3.05) is 20.2 Å². The van der Waals surface area contributed by atoms with Crippen LogP contribution in [0.4, 0.5) is 0 Å². The van der Waals surface area contributed by atoms with E-state index in [2.05, 4.69) is 16.9 Å². The van der Waals surface area contributed by atoms with Gasteiger partial charge in [0.15, 0.2) is 0 Å². The van der Waals surface area contributed by atoms with E-state index in [4.69, 9.17) is 9.15 Å². The lowest BCUT2D eigenvalue weighted by Gasteiger charge is -2.32. The second-order valence-corrected chi connectivity index (χ2v) is 10.4. The van der Waals surface area contributed by atoms with Gasteiger partial charge in [0.2, 0.25) is 10.0 Å². The quantitative estimate of drug-likeness (QED) is 0.521. The van der Waals surface area contributed by atoms with Crippen LogP contribution < -0.4 is 9.46 Å². The molecule has 0 unspecified atom stereocenters. The smallest absolute Gasteiger partial charge is 0.254 e. The van der Waals surface area contributed by atoms with Gasteiger partial charge in [-0.3, -0.25) is 4.79 Å². The van der Waals surface area contributed by atoms with Crippen molar-refractivity contribution in [3.63, 3.8) is 0 Å². The summed E-state index contributed by atoms with van der Waals surface area (Å²) in [7, 11) is -2.12. The van der Waals surface area contributed by atoms with Gasteiger partial charge in [0.05, 0.1) is 24.8 Å². The zero-order valence-electron chi connectivity index (χ0n) is 19.5. The molecule has 1 N–H and O–H groups in total. The highest BCUT2D eigenvalue weighted by Crippen LogP contribution is 2.25. The van der Waals surface area contributed by atoms with Gasteiger partial charge < -0.3 is 14.1 Å². The molecule has 0 bridgehead atoms. The van der Waals surface area contributed by atoms with Gasteiger partial charge in [0.1, 0.15) is 11.5 Å². The molecule has 1 aliphatic rings. The van der Waals surface area contributed by atoms with Crippen LogP contribution in [0.5, 0.6) is 5.75 Å². The molecule has 4 rings (SSSR count). The molecule has 1 saturated heterocycles. The number of amides is 1. The molecule has 0 radical (unpaired) electrons. The van der Waals surface area contributed by atoms with Gasteiger partial charge >= 0.3 is 0 Å². The Morgan fingerprint density at radius 3 is 2.50 bits per heavy atom. The lowest BCUT2D eigenvalue weighted by Crippen LogP contribution is -2.39. The Bertz CT molecular complexity index is 1210. The first kappa shape index (κ1) is 24.0. The van der Waals surface area contributed by atoms with Crippen molar-refractivity contribution in [3.8, 4) is 5.75 Å². The largest absolute Gasteiger partial charge is 0.497 e. The minimum absolute atomic E-state index is 0.0498. The van der Waals surface area contributed by atoms with Gasteiger partial charge in [-0.05, 0) is 79.6 Å². The van der Waals surface area contributed by atoms with Gasteiger partial charge in [0.25, 0.3) is 5.91 Å². The zero-order chi connectivity index (χ0) is 24.1. The number of ether oxygens (including phenoxy) is 1. The molecule has 1 amide bonds. The van der Waals surface area contributed by atoms with E-state index in [-0.39, 0.29) is 17.3 Å². The number of carbonyl (C=O) groups is 1. The lowest BCUT2D eigenvalue weighted by atomic mass is 9.90. The first-order valence-corrected chi connectivity index (χ1v) is 12.9. The van der Waals surface area contributed by atoms with Crippen LogP contribution in [0, 0.1) is 12.8 Å². The molecule has 0 aliphatic carbocycles. The maximum atomic E-state index is 13.3. The molecule has 180 valence electrons. The molecular formula is C26H30N2O5S. The van der Waals surface area contributed by atoms with Crippen molar-refractivity contribution < 1.29 is 22.4 Å². The Balaban J connectivity index is 1.38. The summed E-state index contributed by atoms with van der Waals surface area (Å²) in [6.45, 7) is 3.20. The summed E-state index contributed by atoms with van der Waals surface area (Å²) in [5, 5.41) is 0. The molecule has 0 saturated carbocycles. The Labute approximate surface area is 200 Å². The normalized spacial score (nSPS) is 14.8. The fraction of sp³-hybridized carbons (Fsp3) is 0.346. The van der Waals surface area contributed by atoms with Crippen LogP contribution in [0.25, 0.3) is 0 Å². The number of sulfonamides is 1. The number of hydrogen-bond acceptors (Lipinski definition) is 5. The van der Waals surface area contributed by atoms with E-state index in [9.17, 15) is 13.2 Å². The van der Waals surface area contributed by atoms with Crippen LogP contribution >= 0.6 is 0 Å². The van der Waals surface area contributed by atoms with Crippen LogP contribution in [0.2, 0.25) is 0 Å². The molecule has 3 aromatic rings. The van der Waals surface area contributed by atoms with E-state index in [0.717, 1.165) is 30.6 Å². The van der Waals surface area contributed by atoms with E-state index in [0.29, 0.717) is 30.3 Å². The van der Waals surface area contributed by atoms with E-state index >= 15 is 0 Å². The van der Waals surface area contributed by atoms with E-state index in [1.807, 2.05) is 24.0 Å². The number of rotatable bonds is 8. The van der Waals surface area contributed by atoms with E-state index in [1.165, 1.54) is 24.0 Å². The van der Waals surface area contributed by atoms with Crippen molar-refractivity contribution in [1.82, 2.24) is 9.62 Å². The van der Waals surface area contributed by atoms with Crippen molar-refractivity contribution in [2.24, 2.45) is 5.92 Å². The Morgan fingerprint density at radius 1 is 1.12 bits per heavy atom. The summed E-state index contributed by atoms with van der Waals surface area (Å²) >= 11 is 0. The highest BCUT2D eigenvalue weighted by Gasteiger charge is 2.26. The fourth-order valence-electron chi connectivity index (χ4n) is 4.27. The minimum atomic E-state index is -3.78. The minimum Gasteiger partial charge on any atom is -0.497 e. The number of piperidine rings is 1. The molecule has 1 aromatic heterocycles. The highest BCUT2D eigenvalue weighted by molar-refractivity contribution is 7.89. The first-order valence-electron chi connectivity index (χ1n) is 11.4. The van der Waals surface area contributed by atoms with Crippen LogP contribution in [0.15, 0.2) is 70.2 Å². The van der Waals surface area contributed by atoms with Crippen LogP contribution in [0.3, 0.4) is 0 Å². The maximum Gasteiger partial charge on any atom is 0.254 e. The molecule has 1 aliphatic heterocycles. The Kier molecular flexibility index (Phi) is 7.38. The Morgan fingerprint density at radius 2 is 1.85 bits per heavy atom. The van der Waals surface area contributed by atoms with Gasteiger partial charge in [-0.15, -0.1) is 0 Å². The second-order valence-electron chi connectivity index (χ2n) is 8.67. The standard InChI is InChI=1S/C26H30N2O5S/c1-19-5-10-24(34(30,31)27-18-23-4-3-15-33-23)17-25(19)26(29)28-13-11-21(12-14-28)16-20-6-8-22(32-2)9-7-20/h3-10,15,17,21,27H,11-14,16,18H2,1-2H3. The molecular weight excluding hydrogens is 452 g/mol. The zero-order valence-corrected chi connectivity index (χ0v) is 20.3. The van der Waals surface area contributed by atoms with Crippen molar-refractivity contribution >= 4 is 15.9 Å². The summed E-state index contributed by atoms with van der Waals surface area (Å²) in [5.41, 5.74) is 2.45. The monoisotopic (exact) mass is 482 g/mol. The fourth-order valence-corrected chi connectivity index (χ4v) is 5.29. The third kappa shape index (κ3) is 5.69. The SMILES string of the molecule is COc1ccc(CC2CCN(C(=O)c3cc(S(=O)(=O)NCc4ccco4)ccc3C)CC2)cc1. The number of benzene rings is 2. The third-order valence-corrected chi connectivity index (χ3v) is 7.75. The molecule has 0 atom stereocenters. The summed E-state index contributed by atoms with van der Waals surface area (Å²) < 4.78 is 38.5. The van der Waals surface area contributed by atoms with Gasteiger partial charge in [0, 0.05) is 18.7 Å². The topological polar surface area (TPSA) is 88.8 Å². The van der Waals surface area contributed by atoms with Crippen molar-refractivity contribution in [2.45, 2.75) is 37.6 Å². The molecule has 34 heavy (non-hydrogen) atoms. The number of nitrogens with zero attached hydrogens (tertiary/aromatic N) is 1. The van der Waals surface area contributed by atoms with Crippen molar-refractivity contribution in [1.29, 1.82) is 0 Å². The van der Waals surface area contributed by atoms with Gasteiger partial charge in [-0.2, -0.15) is 0 Å². The first-order chi connectivity index (χ1) is 16.4. The number of hydrogen-bond donors (Lipinski definition) is 1. The number of nitrogens with one attached hydrogen (secondary N) is 1. The predicted octanol–water partition coefficient (Wildman–Crippen LogP) is 4.17. The number of likely N-dealkylation sites (tertiary alicyclic amines) is 1. The second kappa shape index (κ2) is 10.4. The molecule has 0 spiro atoms. The molecule has 2 aromatic carbocycles. The number of aryl methyl sites for hydroxylation is 1. The third-order valence-electron chi connectivity index (χ3n) is 6.35. The van der Waals surface area contributed by atoms with Crippen LogP contribution in [0.1, 0.15) is 40.1 Å². The molecule has 7 nitrogen and oxygen atoms in total. The average molecular weight is 483 g/mol. The lowest BCUT2D eigenvalue weighted by molar-refractivity contribution is 0.0689. The molecule has 2 heterocycles. The molecule has 1 fully saturated rings. The summed E-state index contributed by atoms with van der Waals surface area (Å²) in [6, 6.07) is 16.2. The van der Waals surface area contributed by atoms with Gasteiger partial charge in [-0.1, -0.05) is 18.2 Å². The molecule has 8 heteroatoms. The average Bonchev–Trinajstić information content (AvgIpc) is 3.37. The van der Waals surface area contributed by atoms with Crippen LogP contribution in [-0.2, 0) is 23.0 Å². The number of furan rings is 1. The number of carbonyl (C=O) groups excluding carboxylic acids is 1. The summed E-state index contributed by atoms with van der Waals surface area (Å²) in [4.78, 5) is 15.2. The predicted molar refractivity (Wildman–Crippen MR) is 129 cm³/mol. The van der Waals surface area contributed by atoms with Crippen LogP contribution in [-0.4, -0.2) is 39.4 Å². The van der Waals surface area contributed by atoms with E-state index in [1.54, 1.807) is 25.3 Å². The number of methoxy groups -OCH3 is 1. The Hall–Kier alpha value is -3.10. The van der Waals surface area contributed by atoms with Crippen molar-refractivity contribution in [3.05, 3.63) is 83.3 Å². The summed E-state index contributed by atoms with van der Waals surface area (Å²) in [5.74, 6) is 1.75. The summed E-state index contributed by atoms with van der Waals surface area (Å²) in [6.07, 6.45) is 4.30.